The van der Waals surface area contributed by atoms with E-state index in [9.17, 15) is 4.79 Å². The molecule has 6 nitrogen and oxygen atoms in total. The number of fused-ring (bicyclic) bond motifs is 1. The minimum atomic E-state index is -0.311. The maximum absolute atomic E-state index is 12.0. The molecular formula is C14H13N3O3. The number of rotatable bonds is 2. The number of aromatic nitrogens is 2. The number of aryl methyl sites for hydroxylation is 1. The Morgan fingerprint density at radius 3 is 2.65 bits per heavy atom. The Balaban J connectivity index is 1.77. The predicted octanol–water partition coefficient (Wildman–Crippen LogP) is 1.81. The van der Waals surface area contributed by atoms with E-state index in [2.05, 4.69) is 15.5 Å². The summed E-state index contributed by atoms with van der Waals surface area (Å²) in [6.07, 6.45) is 0. The van der Waals surface area contributed by atoms with Crippen LogP contribution in [0.1, 0.15) is 16.2 Å². The molecule has 1 aliphatic rings. The van der Waals surface area contributed by atoms with Crippen LogP contribution >= 0.6 is 0 Å². The lowest BCUT2D eigenvalue weighted by molar-refractivity contribution is 0.102. The number of carbonyl (C=O) groups excluding carboxylic acids is 1. The predicted molar refractivity (Wildman–Crippen MR) is 72.2 cm³/mol. The molecule has 1 aliphatic heterocycles. The number of ether oxygens (including phenoxy) is 2. The summed E-state index contributed by atoms with van der Waals surface area (Å²) in [5.74, 6) is 1.00. The lowest BCUT2D eigenvalue weighted by Gasteiger charge is -2.18. The van der Waals surface area contributed by atoms with Crippen molar-refractivity contribution in [1.29, 1.82) is 0 Å². The van der Waals surface area contributed by atoms with Gasteiger partial charge in [-0.3, -0.25) is 4.79 Å². The molecule has 20 heavy (non-hydrogen) atoms. The second-order valence-electron chi connectivity index (χ2n) is 4.37. The van der Waals surface area contributed by atoms with Gasteiger partial charge in [0, 0.05) is 11.8 Å². The van der Waals surface area contributed by atoms with Gasteiger partial charge in [-0.05, 0) is 31.2 Å². The van der Waals surface area contributed by atoms with E-state index in [1.54, 1.807) is 30.3 Å². The normalized spacial score (nSPS) is 12.8. The molecule has 0 saturated heterocycles. The van der Waals surface area contributed by atoms with E-state index in [1.807, 2.05) is 6.92 Å². The zero-order chi connectivity index (χ0) is 13.9. The van der Waals surface area contributed by atoms with E-state index in [-0.39, 0.29) is 11.6 Å². The Kier molecular flexibility index (Phi) is 3.20. The van der Waals surface area contributed by atoms with Gasteiger partial charge in [0.05, 0.1) is 5.69 Å². The minimum Gasteiger partial charge on any atom is -0.486 e. The molecule has 2 heterocycles. The number of amides is 1. The van der Waals surface area contributed by atoms with Crippen LogP contribution in [-0.2, 0) is 0 Å². The van der Waals surface area contributed by atoms with Gasteiger partial charge in [-0.1, -0.05) is 0 Å². The highest BCUT2D eigenvalue weighted by atomic mass is 16.6. The second-order valence-corrected chi connectivity index (χ2v) is 4.37. The van der Waals surface area contributed by atoms with Gasteiger partial charge in [0.15, 0.2) is 17.2 Å². The van der Waals surface area contributed by atoms with E-state index in [0.29, 0.717) is 30.4 Å². The molecular weight excluding hydrogens is 258 g/mol. The Hall–Kier alpha value is -2.63. The quantitative estimate of drug-likeness (QED) is 0.901. The van der Waals surface area contributed by atoms with Gasteiger partial charge >= 0.3 is 0 Å². The van der Waals surface area contributed by atoms with Crippen LogP contribution in [-0.4, -0.2) is 29.3 Å². The Morgan fingerprint density at radius 2 is 1.90 bits per heavy atom. The molecule has 1 amide bonds. The van der Waals surface area contributed by atoms with Gasteiger partial charge < -0.3 is 14.8 Å². The largest absolute Gasteiger partial charge is 0.486 e. The number of hydrogen-bond acceptors (Lipinski definition) is 5. The molecule has 2 aromatic rings. The highest BCUT2D eigenvalue weighted by molar-refractivity contribution is 6.02. The Morgan fingerprint density at radius 1 is 1.10 bits per heavy atom. The average Bonchev–Trinajstić information content (AvgIpc) is 2.48. The third-order valence-corrected chi connectivity index (χ3v) is 2.83. The van der Waals surface area contributed by atoms with Crippen LogP contribution in [0, 0.1) is 6.92 Å². The zero-order valence-corrected chi connectivity index (χ0v) is 10.9. The lowest BCUT2D eigenvalue weighted by atomic mass is 10.2. The fourth-order valence-corrected chi connectivity index (χ4v) is 1.84. The number of nitrogens with one attached hydrogen (secondary N) is 1. The van der Waals surface area contributed by atoms with Crippen LogP contribution in [0.15, 0.2) is 30.3 Å². The van der Waals surface area contributed by atoms with Crippen molar-refractivity contribution in [2.45, 2.75) is 6.92 Å². The summed E-state index contributed by atoms with van der Waals surface area (Å²) < 4.78 is 10.9. The van der Waals surface area contributed by atoms with Crippen molar-refractivity contribution in [1.82, 2.24) is 10.2 Å². The molecule has 0 aliphatic carbocycles. The fourth-order valence-electron chi connectivity index (χ4n) is 1.84. The monoisotopic (exact) mass is 271 g/mol. The molecule has 0 bridgehead atoms. The third kappa shape index (κ3) is 2.54. The summed E-state index contributed by atoms with van der Waals surface area (Å²) in [5, 5.41) is 10.5. The maximum atomic E-state index is 12.0. The first-order valence-corrected chi connectivity index (χ1v) is 6.24. The molecule has 1 N–H and O–H groups in total. The maximum Gasteiger partial charge on any atom is 0.276 e. The third-order valence-electron chi connectivity index (χ3n) is 2.83. The second kappa shape index (κ2) is 5.16. The molecule has 1 aromatic carbocycles. The van der Waals surface area contributed by atoms with E-state index in [0.717, 1.165) is 5.69 Å². The number of carbonyl (C=O) groups is 1. The minimum absolute atomic E-state index is 0.269. The molecule has 6 heteroatoms. The summed E-state index contributed by atoms with van der Waals surface area (Å²) in [5.41, 5.74) is 1.66. The summed E-state index contributed by atoms with van der Waals surface area (Å²) in [7, 11) is 0. The van der Waals surface area contributed by atoms with Gasteiger partial charge in [0.1, 0.15) is 13.2 Å². The van der Waals surface area contributed by atoms with Crippen LogP contribution in [0.4, 0.5) is 5.69 Å². The topological polar surface area (TPSA) is 73.3 Å². The van der Waals surface area contributed by atoms with Gasteiger partial charge in [-0.25, -0.2) is 0 Å². The Bertz CT molecular complexity index is 641. The zero-order valence-electron chi connectivity index (χ0n) is 10.9. The van der Waals surface area contributed by atoms with Crippen LogP contribution in [0.3, 0.4) is 0 Å². The number of benzene rings is 1. The molecule has 0 unspecified atom stereocenters. The number of nitrogens with zero attached hydrogens (tertiary/aromatic N) is 2. The van der Waals surface area contributed by atoms with Crippen molar-refractivity contribution < 1.29 is 14.3 Å². The summed E-state index contributed by atoms with van der Waals surface area (Å²) in [4.78, 5) is 12.0. The molecule has 0 atom stereocenters. The van der Waals surface area contributed by atoms with E-state index >= 15 is 0 Å². The van der Waals surface area contributed by atoms with Gasteiger partial charge in [-0.15, -0.1) is 5.10 Å². The average molecular weight is 271 g/mol. The first-order valence-electron chi connectivity index (χ1n) is 6.24. The van der Waals surface area contributed by atoms with Crippen molar-refractivity contribution in [2.75, 3.05) is 18.5 Å². The highest BCUT2D eigenvalue weighted by Crippen LogP contribution is 2.32. The molecule has 0 radical (unpaired) electrons. The summed E-state index contributed by atoms with van der Waals surface area (Å²) in [6, 6.07) is 8.63. The van der Waals surface area contributed by atoms with Gasteiger partial charge in [-0.2, -0.15) is 5.10 Å². The fraction of sp³-hybridized carbons (Fsp3) is 0.214. The standard InChI is InChI=1S/C14H13N3O3/c1-9-2-4-11(17-16-9)14(18)15-10-3-5-12-13(8-10)20-7-6-19-12/h2-5,8H,6-7H2,1H3,(H,15,18). The molecule has 102 valence electrons. The first-order chi connectivity index (χ1) is 9.72. The number of anilines is 1. The van der Waals surface area contributed by atoms with Crippen molar-refractivity contribution in [3.63, 3.8) is 0 Å². The van der Waals surface area contributed by atoms with Crippen molar-refractivity contribution in [3.05, 3.63) is 41.7 Å². The van der Waals surface area contributed by atoms with Crippen LogP contribution < -0.4 is 14.8 Å². The SMILES string of the molecule is Cc1ccc(C(=O)Nc2ccc3c(c2)OCCO3)nn1. The number of hydrogen-bond donors (Lipinski definition) is 1. The molecule has 0 spiro atoms. The molecule has 0 fully saturated rings. The van der Waals surface area contributed by atoms with E-state index in [1.165, 1.54) is 0 Å². The lowest BCUT2D eigenvalue weighted by Crippen LogP contribution is -2.17. The first kappa shape index (κ1) is 12.4. The highest BCUT2D eigenvalue weighted by Gasteiger charge is 2.14. The van der Waals surface area contributed by atoms with E-state index in [4.69, 9.17) is 9.47 Å². The van der Waals surface area contributed by atoms with Crippen LogP contribution in [0.5, 0.6) is 11.5 Å². The van der Waals surface area contributed by atoms with Crippen LogP contribution in [0.25, 0.3) is 0 Å². The summed E-state index contributed by atoms with van der Waals surface area (Å²) >= 11 is 0. The molecule has 3 rings (SSSR count). The van der Waals surface area contributed by atoms with Crippen LogP contribution in [0.2, 0.25) is 0 Å². The van der Waals surface area contributed by atoms with Crippen molar-refractivity contribution >= 4 is 11.6 Å². The molecule has 1 aromatic heterocycles. The van der Waals surface area contributed by atoms with Crippen molar-refractivity contribution in [2.24, 2.45) is 0 Å². The smallest absolute Gasteiger partial charge is 0.276 e. The van der Waals surface area contributed by atoms with E-state index < -0.39 is 0 Å². The van der Waals surface area contributed by atoms with Gasteiger partial charge in [0.2, 0.25) is 0 Å². The Labute approximate surface area is 115 Å². The molecule has 0 saturated carbocycles. The summed E-state index contributed by atoms with van der Waals surface area (Å²) in [6.45, 7) is 2.86. The van der Waals surface area contributed by atoms with Gasteiger partial charge in [0.25, 0.3) is 5.91 Å². The van der Waals surface area contributed by atoms with Crippen molar-refractivity contribution in [3.8, 4) is 11.5 Å².